The van der Waals surface area contributed by atoms with Crippen molar-refractivity contribution < 1.29 is 0 Å². The third-order valence-corrected chi connectivity index (χ3v) is 13.1. The summed E-state index contributed by atoms with van der Waals surface area (Å²) in [5.41, 5.74) is 3.19. The lowest BCUT2D eigenvalue weighted by atomic mass is 10.2. The summed E-state index contributed by atoms with van der Waals surface area (Å²) >= 11 is 3.72. The summed E-state index contributed by atoms with van der Waals surface area (Å²) in [6, 6.07) is 4.30. The number of nitrogens with zero attached hydrogens (tertiary/aromatic N) is 2. The number of rotatable bonds is 4. The Balaban J connectivity index is 2.92. The van der Waals surface area contributed by atoms with E-state index in [9.17, 15) is 5.26 Å². The van der Waals surface area contributed by atoms with Crippen LogP contribution in [-0.4, -0.2) is 18.0 Å². The predicted molar refractivity (Wildman–Crippen MR) is 99.2 cm³/mol. The molecular formula is C17H24BrN3Si. The van der Waals surface area contributed by atoms with E-state index in [4.69, 9.17) is 4.98 Å². The Hall–Kier alpha value is -1.12. The Bertz CT molecular complexity index is 704. The first-order valence-electron chi connectivity index (χ1n) is 7.85. The van der Waals surface area contributed by atoms with E-state index in [-0.39, 0.29) is 0 Å². The van der Waals surface area contributed by atoms with Crippen molar-refractivity contribution in [2.45, 2.75) is 58.2 Å². The number of H-pyrrole nitrogens is 1. The lowest BCUT2D eigenvalue weighted by molar-refractivity contribution is 0.830. The maximum Gasteiger partial charge on any atom is 0.138 e. The van der Waals surface area contributed by atoms with Gasteiger partial charge < -0.3 is 4.98 Å². The number of aromatic nitrogens is 2. The Morgan fingerprint density at radius 1 is 1.14 bits per heavy atom. The molecule has 0 unspecified atom stereocenters. The molecule has 0 spiro atoms. The lowest BCUT2D eigenvalue weighted by Gasteiger charge is -2.43. The average Bonchev–Trinajstić information content (AvgIpc) is 2.86. The van der Waals surface area contributed by atoms with Crippen molar-refractivity contribution in [1.29, 1.82) is 5.26 Å². The van der Waals surface area contributed by atoms with Crippen LogP contribution in [0, 0.1) is 11.3 Å². The van der Waals surface area contributed by atoms with Gasteiger partial charge in [-0.2, -0.15) is 5.26 Å². The molecule has 0 radical (unpaired) electrons. The molecule has 0 aliphatic carbocycles. The molecule has 1 N–H and O–H groups in total. The van der Waals surface area contributed by atoms with E-state index in [0.29, 0.717) is 22.2 Å². The Morgan fingerprint density at radius 2 is 1.68 bits per heavy atom. The van der Waals surface area contributed by atoms with Crippen LogP contribution in [-0.2, 0) is 0 Å². The minimum Gasteiger partial charge on any atom is -0.346 e. The van der Waals surface area contributed by atoms with Crippen LogP contribution in [0.1, 0.15) is 47.1 Å². The molecule has 0 bridgehead atoms. The van der Waals surface area contributed by atoms with Gasteiger partial charge in [0.25, 0.3) is 0 Å². The molecule has 3 nitrogen and oxygen atoms in total. The van der Waals surface area contributed by atoms with Gasteiger partial charge in [-0.25, -0.2) is 4.98 Å². The van der Waals surface area contributed by atoms with Gasteiger partial charge in [0.15, 0.2) is 0 Å². The van der Waals surface area contributed by atoms with Crippen LogP contribution in [0.4, 0.5) is 0 Å². The van der Waals surface area contributed by atoms with Gasteiger partial charge in [0.05, 0.1) is 10.0 Å². The molecule has 2 heterocycles. The number of aromatic amines is 1. The van der Waals surface area contributed by atoms with Crippen LogP contribution < -0.4 is 5.32 Å². The molecule has 0 fully saturated rings. The van der Waals surface area contributed by atoms with Gasteiger partial charge in [-0.1, -0.05) is 41.5 Å². The third kappa shape index (κ3) is 2.33. The normalized spacial score (nSPS) is 12.6. The van der Waals surface area contributed by atoms with Gasteiger partial charge in [0, 0.05) is 16.9 Å². The molecule has 2 aromatic heterocycles. The van der Waals surface area contributed by atoms with Gasteiger partial charge in [0.2, 0.25) is 0 Å². The van der Waals surface area contributed by atoms with Crippen molar-refractivity contribution in [3.63, 3.8) is 0 Å². The van der Waals surface area contributed by atoms with Gasteiger partial charge in [-0.05, 0) is 38.6 Å². The third-order valence-electron chi connectivity index (χ3n) is 5.03. The van der Waals surface area contributed by atoms with E-state index in [1.54, 1.807) is 0 Å². The highest BCUT2D eigenvalue weighted by atomic mass is 79.9. The zero-order chi connectivity index (χ0) is 16.7. The highest BCUT2D eigenvalue weighted by Crippen LogP contribution is 2.42. The van der Waals surface area contributed by atoms with Crippen LogP contribution in [0.5, 0.6) is 0 Å². The largest absolute Gasteiger partial charge is 0.346 e. The fourth-order valence-electron chi connectivity index (χ4n) is 4.27. The van der Waals surface area contributed by atoms with E-state index in [2.05, 4.69) is 68.5 Å². The van der Waals surface area contributed by atoms with Crippen LogP contribution in [0.3, 0.4) is 0 Å². The zero-order valence-electron chi connectivity index (χ0n) is 14.2. The first kappa shape index (κ1) is 17.2. The second-order valence-electron chi connectivity index (χ2n) is 6.90. The molecule has 0 saturated heterocycles. The summed E-state index contributed by atoms with van der Waals surface area (Å²) < 4.78 is 0.907. The highest BCUT2D eigenvalue weighted by molar-refractivity contribution is 9.10. The number of pyridine rings is 1. The van der Waals surface area contributed by atoms with Crippen LogP contribution >= 0.6 is 15.9 Å². The topological polar surface area (TPSA) is 52.5 Å². The summed E-state index contributed by atoms with van der Waals surface area (Å²) in [6.07, 6.45) is 1.86. The predicted octanol–water partition coefficient (Wildman–Crippen LogP) is 5.08. The van der Waals surface area contributed by atoms with Crippen molar-refractivity contribution in [3.8, 4) is 6.07 Å². The van der Waals surface area contributed by atoms with Crippen molar-refractivity contribution in [2.24, 2.45) is 0 Å². The number of hydrogen-bond acceptors (Lipinski definition) is 2. The minimum absolute atomic E-state index is 0.551. The summed E-state index contributed by atoms with van der Waals surface area (Å²) in [7, 11) is -1.92. The second kappa shape index (κ2) is 6.17. The van der Waals surface area contributed by atoms with Gasteiger partial charge in [0.1, 0.15) is 19.8 Å². The first-order chi connectivity index (χ1) is 10.3. The fraction of sp³-hybridized carbons (Fsp3) is 0.529. The fourth-order valence-corrected chi connectivity index (χ4v) is 12.1. The lowest BCUT2D eigenvalue weighted by Crippen LogP contribution is -2.57. The average molecular weight is 378 g/mol. The molecule has 0 aliphatic rings. The van der Waals surface area contributed by atoms with Gasteiger partial charge >= 0.3 is 0 Å². The van der Waals surface area contributed by atoms with Crippen molar-refractivity contribution >= 4 is 40.4 Å². The zero-order valence-corrected chi connectivity index (χ0v) is 16.7. The summed E-state index contributed by atoms with van der Waals surface area (Å²) in [5.74, 6) is 0. The molecule has 0 atom stereocenters. The summed E-state index contributed by atoms with van der Waals surface area (Å²) in [5, 5.41) is 11.7. The highest BCUT2D eigenvalue weighted by Gasteiger charge is 2.47. The number of nitriles is 1. The number of hydrogen-bond donors (Lipinski definition) is 1. The van der Waals surface area contributed by atoms with E-state index in [1.165, 1.54) is 0 Å². The molecule has 5 heteroatoms. The molecule has 2 aromatic rings. The van der Waals surface area contributed by atoms with E-state index in [0.717, 1.165) is 20.8 Å². The molecule has 2 rings (SSSR count). The Kier molecular flexibility index (Phi) is 4.83. The number of nitrogens with one attached hydrogen (secondary N) is 1. The van der Waals surface area contributed by atoms with E-state index in [1.807, 2.05) is 12.3 Å². The standard InChI is InChI=1S/C17H24BrN3Si/c1-10(2)22(11(3)4,12(5)6)17-15(18)14(9-19)13-7-8-20-16(13)21-17/h7-8,10-12H,1-6H3,(H,20,21). The summed E-state index contributed by atoms with van der Waals surface area (Å²) in [4.78, 5) is 8.18. The molecule has 0 aromatic carbocycles. The van der Waals surface area contributed by atoms with Crippen LogP contribution in [0.2, 0.25) is 16.6 Å². The van der Waals surface area contributed by atoms with Gasteiger partial charge in [-0.15, -0.1) is 0 Å². The van der Waals surface area contributed by atoms with Crippen LogP contribution in [0.25, 0.3) is 11.0 Å². The second-order valence-corrected chi connectivity index (χ2v) is 13.5. The molecule has 0 aliphatic heterocycles. The molecule has 0 amide bonds. The van der Waals surface area contributed by atoms with Crippen molar-refractivity contribution in [2.75, 3.05) is 0 Å². The maximum absolute atomic E-state index is 9.63. The van der Waals surface area contributed by atoms with Crippen LogP contribution in [0.15, 0.2) is 16.7 Å². The number of halogens is 1. The smallest absolute Gasteiger partial charge is 0.138 e. The van der Waals surface area contributed by atoms with Crippen molar-refractivity contribution in [3.05, 3.63) is 22.3 Å². The SMILES string of the molecule is CC(C)[Si](c1nc2[nH]ccc2c(C#N)c1Br)(C(C)C)C(C)C. The molecule has 22 heavy (non-hydrogen) atoms. The quantitative estimate of drug-likeness (QED) is 0.754. The first-order valence-corrected chi connectivity index (χ1v) is 10.9. The van der Waals surface area contributed by atoms with Gasteiger partial charge in [-0.3, -0.25) is 0 Å². The molecular weight excluding hydrogens is 354 g/mol. The van der Waals surface area contributed by atoms with E-state index >= 15 is 0 Å². The number of fused-ring (bicyclic) bond motifs is 1. The Morgan fingerprint density at radius 3 is 2.14 bits per heavy atom. The maximum atomic E-state index is 9.63. The molecule has 0 saturated carbocycles. The monoisotopic (exact) mass is 377 g/mol. The Labute approximate surface area is 142 Å². The van der Waals surface area contributed by atoms with Crippen molar-refractivity contribution in [1.82, 2.24) is 9.97 Å². The minimum atomic E-state index is -1.92. The summed E-state index contributed by atoms with van der Waals surface area (Å²) in [6.45, 7) is 13.9. The molecule has 118 valence electrons. The van der Waals surface area contributed by atoms with E-state index < -0.39 is 8.07 Å².